The summed E-state index contributed by atoms with van der Waals surface area (Å²) in [6.45, 7) is 6.31. The van der Waals surface area contributed by atoms with E-state index in [4.69, 9.17) is 0 Å². The molecule has 0 radical (unpaired) electrons. The highest BCUT2D eigenvalue weighted by molar-refractivity contribution is 5.86. The van der Waals surface area contributed by atoms with Gasteiger partial charge in [-0.3, -0.25) is 4.79 Å². The predicted octanol–water partition coefficient (Wildman–Crippen LogP) is 3.18. The first-order valence-corrected chi connectivity index (χ1v) is 5.14. The van der Waals surface area contributed by atoms with Gasteiger partial charge in [0.05, 0.1) is 0 Å². The van der Waals surface area contributed by atoms with Gasteiger partial charge < -0.3 is 0 Å². The highest BCUT2D eigenvalue weighted by atomic mass is 16.1. The molecule has 0 N–H and O–H groups in total. The maximum Gasteiger partial charge on any atom is 0.141 e. The van der Waals surface area contributed by atoms with Crippen molar-refractivity contribution in [3.05, 3.63) is 0 Å². The van der Waals surface area contributed by atoms with Crippen LogP contribution in [0.25, 0.3) is 0 Å². The molecule has 1 fully saturated rings. The molecule has 1 aliphatic carbocycles. The van der Waals surface area contributed by atoms with E-state index in [9.17, 15) is 4.79 Å². The molecule has 1 unspecified atom stereocenters. The maximum atomic E-state index is 11.9. The molecule has 1 atom stereocenters. The molecule has 1 aliphatic rings. The normalized spacial score (nSPS) is 23.9. The minimum atomic E-state index is 0.0371. The fraction of sp³-hybridized carbons (Fsp3) is 0.909. The van der Waals surface area contributed by atoms with Gasteiger partial charge in [0, 0.05) is 11.3 Å². The van der Waals surface area contributed by atoms with Crippen molar-refractivity contribution < 1.29 is 4.79 Å². The summed E-state index contributed by atoms with van der Waals surface area (Å²) in [7, 11) is 0. The van der Waals surface area contributed by atoms with E-state index in [0.717, 1.165) is 19.3 Å². The van der Waals surface area contributed by atoms with E-state index in [2.05, 4.69) is 20.8 Å². The third-order valence-electron chi connectivity index (χ3n) is 3.36. The lowest BCUT2D eigenvalue weighted by Gasteiger charge is -2.24. The van der Waals surface area contributed by atoms with Crippen LogP contribution in [0.2, 0.25) is 0 Å². The second-order valence-electron chi connectivity index (χ2n) is 4.44. The summed E-state index contributed by atoms with van der Waals surface area (Å²) in [4.78, 5) is 11.9. The average Bonchev–Trinajstić information content (AvgIpc) is 2.50. The minimum Gasteiger partial charge on any atom is -0.299 e. The number of Topliss-reactive ketones (excluding diaryl/α,β-unsaturated/α-hetero) is 1. The van der Waals surface area contributed by atoms with E-state index in [-0.39, 0.29) is 11.3 Å². The van der Waals surface area contributed by atoms with Crippen LogP contribution >= 0.6 is 0 Å². The van der Waals surface area contributed by atoms with E-state index < -0.39 is 0 Å². The fourth-order valence-electron chi connectivity index (χ4n) is 2.18. The van der Waals surface area contributed by atoms with Crippen LogP contribution in [0.3, 0.4) is 0 Å². The van der Waals surface area contributed by atoms with Crippen molar-refractivity contribution in [2.75, 3.05) is 0 Å². The van der Waals surface area contributed by atoms with Crippen molar-refractivity contribution >= 4 is 5.78 Å². The summed E-state index contributed by atoms with van der Waals surface area (Å²) in [5, 5.41) is 0. The van der Waals surface area contributed by atoms with Gasteiger partial charge in [0.1, 0.15) is 5.78 Å². The molecule has 1 heteroatoms. The lowest BCUT2D eigenvalue weighted by molar-refractivity contribution is -0.131. The molecule has 0 aliphatic heterocycles. The fourth-order valence-corrected chi connectivity index (χ4v) is 2.18. The molecule has 70 valence electrons. The smallest absolute Gasteiger partial charge is 0.141 e. The van der Waals surface area contributed by atoms with Crippen molar-refractivity contribution in [3.8, 4) is 0 Å². The second-order valence-corrected chi connectivity index (χ2v) is 4.44. The van der Waals surface area contributed by atoms with Crippen molar-refractivity contribution in [1.29, 1.82) is 0 Å². The van der Waals surface area contributed by atoms with Gasteiger partial charge in [0.2, 0.25) is 0 Å². The molecule has 0 heterocycles. The summed E-state index contributed by atoms with van der Waals surface area (Å²) >= 11 is 0. The lowest BCUT2D eigenvalue weighted by Crippen LogP contribution is -2.29. The number of carbonyl (C=O) groups excluding carboxylic acids is 1. The van der Waals surface area contributed by atoms with E-state index in [1.54, 1.807) is 0 Å². The molecule has 1 rings (SSSR count). The second kappa shape index (κ2) is 3.59. The van der Waals surface area contributed by atoms with E-state index in [1.807, 2.05) is 0 Å². The third-order valence-corrected chi connectivity index (χ3v) is 3.36. The summed E-state index contributed by atoms with van der Waals surface area (Å²) in [6.07, 6.45) is 5.73. The van der Waals surface area contributed by atoms with Gasteiger partial charge in [-0.15, -0.1) is 0 Å². The Morgan fingerprint density at radius 3 is 2.33 bits per heavy atom. The Balaban J connectivity index is 2.61. The van der Waals surface area contributed by atoms with Gasteiger partial charge in [0.15, 0.2) is 0 Å². The van der Waals surface area contributed by atoms with Gasteiger partial charge >= 0.3 is 0 Å². The lowest BCUT2D eigenvalue weighted by atomic mass is 9.78. The van der Waals surface area contributed by atoms with Gasteiger partial charge in [-0.25, -0.2) is 0 Å². The number of carbonyl (C=O) groups is 1. The zero-order valence-corrected chi connectivity index (χ0v) is 8.52. The maximum absolute atomic E-state index is 11.9. The van der Waals surface area contributed by atoms with Crippen LogP contribution < -0.4 is 0 Å². The van der Waals surface area contributed by atoms with Crippen LogP contribution in [0.5, 0.6) is 0 Å². The summed E-state index contributed by atoms with van der Waals surface area (Å²) < 4.78 is 0. The largest absolute Gasteiger partial charge is 0.299 e. The molecule has 0 saturated heterocycles. The number of ketones is 1. The van der Waals surface area contributed by atoms with Gasteiger partial charge in [-0.05, 0) is 19.3 Å². The highest BCUT2D eigenvalue weighted by Gasteiger charge is 2.37. The Bertz CT molecular complexity index is 166. The average molecular weight is 168 g/mol. The zero-order valence-electron chi connectivity index (χ0n) is 8.52. The standard InChI is InChI=1S/C11H20O/c1-4-9(2)10(12)11(3)7-5-6-8-11/h9H,4-8H2,1-3H3. The number of hydrogen-bond acceptors (Lipinski definition) is 1. The molecule has 0 bridgehead atoms. The Morgan fingerprint density at radius 1 is 1.42 bits per heavy atom. The molecule has 1 nitrogen and oxygen atoms in total. The van der Waals surface area contributed by atoms with E-state index in [1.165, 1.54) is 12.8 Å². The van der Waals surface area contributed by atoms with E-state index in [0.29, 0.717) is 5.78 Å². The SMILES string of the molecule is CCC(C)C(=O)C1(C)CCCC1. The van der Waals surface area contributed by atoms with Gasteiger partial charge in [-0.1, -0.05) is 33.6 Å². The molecular weight excluding hydrogens is 148 g/mol. The third kappa shape index (κ3) is 1.70. The summed E-state index contributed by atoms with van der Waals surface area (Å²) in [6, 6.07) is 0. The van der Waals surface area contributed by atoms with Gasteiger partial charge in [-0.2, -0.15) is 0 Å². The molecule has 0 spiro atoms. The van der Waals surface area contributed by atoms with Crippen molar-refractivity contribution in [2.24, 2.45) is 11.3 Å². The zero-order chi connectivity index (χ0) is 9.19. The Hall–Kier alpha value is -0.330. The molecular formula is C11H20O. The van der Waals surface area contributed by atoms with Crippen LogP contribution in [-0.2, 0) is 4.79 Å². The first-order valence-electron chi connectivity index (χ1n) is 5.14. The topological polar surface area (TPSA) is 17.1 Å². The molecule has 0 amide bonds. The Labute approximate surface area is 75.5 Å². The first-order chi connectivity index (χ1) is 5.60. The van der Waals surface area contributed by atoms with Gasteiger partial charge in [0.25, 0.3) is 0 Å². The van der Waals surface area contributed by atoms with Crippen molar-refractivity contribution in [2.45, 2.75) is 52.9 Å². The molecule has 0 aromatic carbocycles. The summed E-state index contributed by atoms with van der Waals surface area (Å²) in [5.74, 6) is 0.774. The predicted molar refractivity (Wildman–Crippen MR) is 51.0 cm³/mol. The number of hydrogen-bond donors (Lipinski definition) is 0. The Morgan fingerprint density at radius 2 is 1.92 bits per heavy atom. The van der Waals surface area contributed by atoms with Crippen LogP contribution in [0, 0.1) is 11.3 Å². The molecule has 1 saturated carbocycles. The molecule has 0 aromatic rings. The first kappa shape index (κ1) is 9.76. The monoisotopic (exact) mass is 168 g/mol. The van der Waals surface area contributed by atoms with Crippen LogP contribution in [0.4, 0.5) is 0 Å². The molecule has 0 aromatic heterocycles. The van der Waals surface area contributed by atoms with Crippen LogP contribution in [-0.4, -0.2) is 5.78 Å². The van der Waals surface area contributed by atoms with Crippen LogP contribution in [0.15, 0.2) is 0 Å². The highest BCUT2D eigenvalue weighted by Crippen LogP contribution is 2.40. The van der Waals surface area contributed by atoms with Crippen molar-refractivity contribution in [3.63, 3.8) is 0 Å². The van der Waals surface area contributed by atoms with E-state index >= 15 is 0 Å². The number of rotatable bonds is 3. The van der Waals surface area contributed by atoms with Crippen molar-refractivity contribution in [1.82, 2.24) is 0 Å². The molecule has 12 heavy (non-hydrogen) atoms. The quantitative estimate of drug-likeness (QED) is 0.632. The van der Waals surface area contributed by atoms with Crippen LogP contribution in [0.1, 0.15) is 52.9 Å². The summed E-state index contributed by atoms with van der Waals surface area (Å²) in [5.41, 5.74) is 0.0371. The Kier molecular flexibility index (Phi) is 2.92. The minimum absolute atomic E-state index is 0.0371.